The standard InChI is InChI=1S/C17H16ClN3O3S/c1-10(19)16-20-14-8-4-7-13(18)15(14)17(22)21(16)11-5-3-6-12(9-11)25(2,23)24/h3-10H,19H2,1-2H3. The lowest BCUT2D eigenvalue weighted by Gasteiger charge is -2.16. The van der Waals surface area contributed by atoms with Gasteiger partial charge in [-0.2, -0.15) is 0 Å². The molecule has 0 amide bonds. The third kappa shape index (κ3) is 3.18. The molecule has 130 valence electrons. The molecule has 1 aromatic heterocycles. The number of rotatable bonds is 3. The van der Waals surface area contributed by atoms with Crippen molar-refractivity contribution in [3.8, 4) is 5.69 Å². The van der Waals surface area contributed by atoms with E-state index in [2.05, 4.69) is 4.98 Å². The number of nitrogens with zero attached hydrogens (tertiary/aromatic N) is 2. The summed E-state index contributed by atoms with van der Waals surface area (Å²) in [5, 5.41) is 0.539. The summed E-state index contributed by atoms with van der Waals surface area (Å²) < 4.78 is 25.0. The molecular formula is C17H16ClN3O3S. The summed E-state index contributed by atoms with van der Waals surface area (Å²) >= 11 is 6.18. The topological polar surface area (TPSA) is 95.0 Å². The molecule has 0 saturated heterocycles. The first-order valence-corrected chi connectivity index (χ1v) is 9.74. The lowest BCUT2D eigenvalue weighted by molar-refractivity contribution is 0.601. The van der Waals surface area contributed by atoms with Crippen molar-refractivity contribution in [2.75, 3.05) is 6.26 Å². The van der Waals surface area contributed by atoms with Crippen LogP contribution in [0, 0.1) is 0 Å². The fourth-order valence-electron chi connectivity index (χ4n) is 2.62. The predicted molar refractivity (Wildman–Crippen MR) is 98.1 cm³/mol. The van der Waals surface area contributed by atoms with Crippen LogP contribution in [0.25, 0.3) is 16.6 Å². The molecule has 1 heterocycles. The van der Waals surface area contributed by atoms with E-state index < -0.39 is 21.4 Å². The second-order valence-electron chi connectivity index (χ2n) is 5.80. The Bertz CT molecular complexity index is 1140. The SMILES string of the molecule is CC(N)c1nc2cccc(Cl)c2c(=O)n1-c1cccc(S(C)(=O)=O)c1. The van der Waals surface area contributed by atoms with E-state index in [0.717, 1.165) is 6.26 Å². The monoisotopic (exact) mass is 377 g/mol. The van der Waals surface area contributed by atoms with Crippen molar-refractivity contribution >= 4 is 32.3 Å². The summed E-state index contributed by atoms with van der Waals surface area (Å²) in [5.41, 5.74) is 6.42. The van der Waals surface area contributed by atoms with Crippen LogP contribution in [-0.2, 0) is 9.84 Å². The van der Waals surface area contributed by atoms with Crippen molar-refractivity contribution in [2.24, 2.45) is 5.73 Å². The van der Waals surface area contributed by atoms with Crippen LogP contribution < -0.4 is 11.3 Å². The fourth-order valence-corrected chi connectivity index (χ4v) is 3.53. The molecule has 0 aliphatic heterocycles. The molecule has 3 rings (SSSR count). The molecule has 1 unspecified atom stereocenters. The number of sulfone groups is 1. The molecule has 2 N–H and O–H groups in total. The van der Waals surface area contributed by atoms with Crippen LogP contribution >= 0.6 is 11.6 Å². The van der Waals surface area contributed by atoms with E-state index in [-0.39, 0.29) is 15.3 Å². The third-order valence-electron chi connectivity index (χ3n) is 3.78. The molecule has 0 aliphatic rings. The van der Waals surface area contributed by atoms with Crippen LogP contribution in [0.15, 0.2) is 52.2 Å². The molecule has 0 bridgehead atoms. The number of hydrogen-bond acceptors (Lipinski definition) is 5. The van der Waals surface area contributed by atoms with E-state index in [1.807, 2.05) is 0 Å². The van der Waals surface area contributed by atoms with Crippen molar-refractivity contribution in [3.63, 3.8) is 0 Å². The highest BCUT2D eigenvalue weighted by Crippen LogP contribution is 2.23. The highest BCUT2D eigenvalue weighted by molar-refractivity contribution is 7.90. The molecule has 2 aromatic carbocycles. The zero-order valence-electron chi connectivity index (χ0n) is 13.6. The van der Waals surface area contributed by atoms with Crippen LogP contribution in [0.2, 0.25) is 5.02 Å². The van der Waals surface area contributed by atoms with Gasteiger partial charge < -0.3 is 5.73 Å². The minimum Gasteiger partial charge on any atom is -0.322 e. The molecule has 0 radical (unpaired) electrons. The van der Waals surface area contributed by atoms with E-state index in [4.69, 9.17) is 17.3 Å². The zero-order chi connectivity index (χ0) is 18.4. The van der Waals surface area contributed by atoms with Crippen LogP contribution in [0.5, 0.6) is 0 Å². The smallest absolute Gasteiger partial charge is 0.267 e. The first-order valence-electron chi connectivity index (χ1n) is 7.47. The van der Waals surface area contributed by atoms with Crippen LogP contribution in [0.4, 0.5) is 0 Å². The lowest BCUT2D eigenvalue weighted by Crippen LogP contribution is -2.27. The van der Waals surface area contributed by atoms with E-state index in [1.54, 1.807) is 37.3 Å². The van der Waals surface area contributed by atoms with E-state index >= 15 is 0 Å². The highest BCUT2D eigenvalue weighted by atomic mass is 35.5. The fraction of sp³-hybridized carbons (Fsp3) is 0.176. The number of hydrogen-bond donors (Lipinski definition) is 1. The maximum absolute atomic E-state index is 13.1. The van der Waals surface area contributed by atoms with Gasteiger partial charge in [0.2, 0.25) is 0 Å². The van der Waals surface area contributed by atoms with E-state index in [0.29, 0.717) is 17.0 Å². The van der Waals surface area contributed by atoms with Gasteiger partial charge >= 0.3 is 0 Å². The number of fused-ring (bicyclic) bond motifs is 1. The van der Waals surface area contributed by atoms with Gasteiger partial charge in [-0.15, -0.1) is 0 Å². The van der Waals surface area contributed by atoms with E-state index in [1.165, 1.54) is 16.7 Å². The zero-order valence-corrected chi connectivity index (χ0v) is 15.2. The number of benzene rings is 2. The molecule has 25 heavy (non-hydrogen) atoms. The Balaban J connectivity index is 2.44. The maximum atomic E-state index is 13.1. The van der Waals surface area contributed by atoms with Gasteiger partial charge in [-0.1, -0.05) is 23.7 Å². The molecule has 0 fully saturated rings. The summed E-state index contributed by atoms with van der Waals surface area (Å²) in [4.78, 5) is 17.6. The third-order valence-corrected chi connectivity index (χ3v) is 5.21. The predicted octanol–water partition coefficient (Wildman–Crippen LogP) is 2.46. The van der Waals surface area contributed by atoms with Gasteiger partial charge in [0.15, 0.2) is 9.84 Å². The van der Waals surface area contributed by atoms with Gasteiger partial charge in [-0.05, 0) is 37.3 Å². The lowest BCUT2D eigenvalue weighted by atomic mass is 10.2. The number of aromatic nitrogens is 2. The molecule has 0 saturated carbocycles. The van der Waals surface area contributed by atoms with Gasteiger partial charge in [0, 0.05) is 6.26 Å². The summed E-state index contributed by atoms with van der Waals surface area (Å²) in [6, 6.07) is 10.5. The quantitative estimate of drug-likeness (QED) is 0.756. The molecular weight excluding hydrogens is 362 g/mol. The van der Waals surface area contributed by atoms with Crippen LogP contribution in [-0.4, -0.2) is 24.2 Å². The Morgan fingerprint density at radius 2 is 1.88 bits per heavy atom. The summed E-state index contributed by atoms with van der Waals surface area (Å²) in [6.07, 6.45) is 1.11. The first kappa shape index (κ1) is 17.6. The molecule has 8 heteroatoms. The van der Waals surface area contributed by atoms with Crippen LogP contribution in [0.3, 0.4) is 0 Å². The van der Waals surface area contributed by atoms with Crippen molar-refractivity contribution < 1.29 is 8.42 Å². The average molecular weight is 378 g/mol. The maximum Gasteiger partial charge on any atom is 0.267 e. The molecule has 0 aliphatic carbocycles. The van der Waals surface area contributed by atoms with Crippen molar-refractivity contribution in [1.29, 1.82) is 0 Å². The normalized spacial score (nSPS) is 13.1. The number of halogens is 1. The second-order valence-corrected chi connectivity index (χ2v) is 8.23. The second kappa shape index (κ2) is 6.25. The largest absolute Gasteiger partial charge is 0.322 e. The van der Waals surface area contributed by atoms with Gasteiger partial charge in [0.05, 0.1) is 32.6 Å². The van der Waals surface area contributed by atoms with Gasteiger partial charge in [0.25, 0.3) is 5.56 Å². The average Bonchev–Trinajstić information content (AvgIpc) is 2.53. The van der Waals surface area contributed by atoms with Gasteiger partial charge in [0.1, 0.15) is 5.82 Å². The highest BCUT2D eigenvalue weighted by Gasteiger charge is 2.18. The summed E-state index contributed by atoms with van der Waals surface area (Å²) in [6.45, 7) is 1.70. The summed E-state index contributed by atoms with van der Waals surface area (Å²) in [5.74, 6) is 0.324. The Kier molecular flexibility index (Phi) is 4.40. The Morgan fingerprint density at radius 3 is 2.52 bits per heavy atom. The van der Waals surface area contributed by atoms with E-state index in [9.17, 15) is 13.2 Å². The van der Waals surface area contributed by atoms with Crippen molar-refractivity contribution in [2.45, 2.75) is 17.9 Å². The molecule has 1 atom stereocenters. The summed E-state index contributed by atoms with van der Waals surface area (Å²) in [7, 11) is -3.42. The van der Waals surface area contributed by atoms with Gasteiger partial charge in [-0.25, -0.2) is 13.4 Å². The Labute approximate surface area is 149 Å². The Hall–Kier alpha value is -2.22. The van der Waals surface area contributed by atoms with Crippen molar-refractivity contribution in [3.05, 3.63) is 63.7 Å². The Morgan fingerprint density at radius 1 is 1.20 bits per heavy atom. The van der Waals surface area contributed by atoms with Gasteiger partial charge in [-0.3, -0.25) is 9.36 Å². The first-order chi connectivity index (χ1) is 11.7. The minimum absolute atomic E-state index is 0.104. The molecule has 0 spiro atoms. The molecule has 6 nitrogen and oxygen atoms in total. The number of nitrogens with two attached hydrogens (primary N) is 1. The van der Waals surface area contributed by atoms with Crippen molar-refractivity contribution in [1.82, 2.24) is 9.55 Å². The minimum atomic E-state index is -3.42. The molecule has 3 aromatic rings. The van der Waals surface area contributed by atoms with Crippen LogP contribution in [0.1, 0.15) is 18.8 Å².